The zero-order chi connectivity index (χ0) is 13.9. The molecule has 1 aromatic heterocycles. The molecule has 0 radical (unpaired) electrons. The lowest BCUT2D eigenvalue weighted by Gasteiger charge is -2.15. The average Bonchev–Trinajstić information content (AvgIpc) is 3.13. The number of hydrogen-bond acceptors (Lipinski definition) is 4. The lowest BCUT2D eigenvalue weighted by molar-refractivity contribution is -0.122. The third-order valence-corrected chi connectivity index (χ3v) is 4.29. The molecule has 2 aliphatic heterocycles. The summed E-state index contributed by atoms with van der Waals surface area (Å²) >= 11 is 0. The Kier molecular flexibility index (Phi) is 7.59. The second-order valence-corrected chi connectivity index (χ2v) is 5.85. The lowest BCUT2D eigenvalue weighted by Crippen LogP contribution is -2.30. The van der Waals surface area contributed by atoms with Gasteiger partial charge in [0.15, 0.2) is 5.82 Å². The number of amides is 1. The maximum absolute atomic E-state index is 12.0. The molecule has 0 aromatic carbocycles. The van der Waals surface area contributed by atoms with Crippen LogP contribution in [0.3, 0.4) is 0 Å². The van der Waals surface area contributed by atoms with E-state index in [0.29, 0.717) is 12.5 Å². The van der Waals surface area contributed by atoms with Crippen molar-refractivity contribution in [2.24, 2.45) is 0 Å². The molecule has 126 valence electrons. The van der Waals surface area contributed by atoms with Crippen LogP contribution in [0.5, 0.6) is 0 Å². The van der Waals surface area contributed by atoms with Gasteiger partial charge in [-0.2, -0.15) is 0 Å². The number of aryl methyl sites for hydroxylation is 1. The van der Waals surface area contributed by atoms with E-state index in [0.717, 1.165) is 44.0 Å². The molecule has 0 saturated carbocycles. The zero-order valence-corrected chi connectivity index (χ0v) is 14.5. The maximum atomic E-state index is 12.0. The van der Waals surface area contributed by atoms with Crippen LogP contribution < -0.4 is 10.6 Å². The Labute approximate surface area is 143 Å². The topological polar surface area (TPSA) is 71.8 Å². The van der Waals surface area contributed by atoms with Gasteiger partial charge in [0.1, 0.15) is 5.82 Å². The first-order valence-electron chi connectivity index (χ1n) is 7.69. The van der Waals surface area contributed by atoms with Crippen LogP contribution in [-0.4, -0.2) is 33.3 Å². The number of nitrogens with zero attached hydrogens (tertiary/aromatic N) is 3. The van der Waals surface area contributed by atoms with Gasteiger partial charge in [0.2, 0.25) is 5.91 Å². The summed E-state index contributed by atoms with van der Waals surface area (Å²) < 4.78 is 2.14. The fourth-order valence-electron chi connectivity index (χ4n) is 3.18. The normalized spacial score (nSPS) is 20.7. The molecule has 2 unspecified atom stereocenters. The number of halogens is 2. The van der Waals surface area contributed by atoms with Crippen molar-refractivity contribution in [3.05, 3.63) is 11.6 Å². The van der Waals surface area contributed by atoms with E-state index in [2.05, 4.69) is 25.4 Å². The van der Waals surface area contributed by atoms with Crippen molar-refractivity contribution in [3.8, 4) is 0 Å². The van der Waals surface area contributed by atoms with Gasteiger partial charge in [-0.1, -0.05) is 0 Å². The monoisotopic (exact) mass is 349 g/mol. The number of aromatic nitrogens is 3. The summed E-state index contributed by atoms with van der Waals surface area (Å²) in [7, 11) is 0. The highest BCUT2D eigenvalue weighted by molar-refractivity contribution is 5.85. The van der Waals surface area contributed by atoms with E-state index in [9.17, 15) is 4.79 Å². The second-order valence-electron chi connectivity index (χ2n) is 5.85. The molecule has 3 heterocycles. The molecule has 0 spiro atoms. The fourth-order valence-corrected chi connectivity index (χ4v) is 3.18. The molecule has 0 bridgehead atoms. The predicted octanol–water partition coefficient (Wildman–Crippen LogP) is 1.78. The predicted molar refractivity (Wildman–Crippen MR) is 89.7 cm³/mol. The highest BCUT2D eigenvalue weighted by atomic mass is 35.5. The summed E-state index contributed by atoms with van der Waals surface area (Å²) in [6.45, 7) is 4.06. The molecule has 1 saturated heterocycles. The van der Waals surface area contributed by atoms with E-state index in [1.807, 2.05) is 6.92 Å². The van der Waals surface area contributed by atoms with Gasteiger partial charge in [-0.3, -0.25) is 4.79 Å². The SMILES string of the molecule is CC(NC(=O)CCC1CCCN1)c1nnc2n1CCC2.Cl.Cl. The number of hydrogen-bond donors (Lipinski definition) is 2. The van der Waals surface area contributed by atoms with Crippen LogP contribution >= 0.6 is 24.8 Å². The van der Waals surface area contributed by atoms with Gasteiger partial charge < -0.3 is 15.2 Å². The first kappa shape index (κ1) is 19.2. The first-order chi connectivity index (χ1) is 9.74. The Balaban J connectivity index is 0.00000121. The van der Waals surface area contributed by atoms with Crippen molar-refractivity contribution in [3.63, 3.8) is 0 Å². The van der Waals surface area contributed by atoms with E-state index in [1.54, 1.807) is 0 Å². The number of nitrogens with one attached hydrogen (secondary N) is 2. The van der Waals surface area contributed by atoms with E-state index in [4.69, 9.17) is 0 Å². The van der Waals surface area contributed by atoms with Crippen LogP contribution in [0.1, 0.15) is 56.7 Å². The van der Waals surface area contributed by atoms with E-state index < -0.39 is 0 Å². The minimum Gasteiger partial charge on any atom is -0.346 e. The molecule has 2 aliphatic rings. The zero-order valence-electron chi connectivity index (χ0n) is 12.9. The molecule has 8 heteroatoms. The highest BCUT2D eigenvalue weighted by Crippen LogP contribution is 2.19. The Morgan fingerprint density at radius 2 is 2.23 bits per heavy atom. The standard InChI is InChI=1S/C14H23N5O.2ClH/c1-10(14-18-17-12-5-3-9-19(12)14)16-13(20)7-6-11-4-2-8-15-11;;/h10-11,15H,2-9H2,1H3,(H,16,20);2*1H. The fraction of sp³-hybridized carbons (Fsp3) is 0.786. The minimum absolute atomic E-state index is 0. The van der Waals surface area contributed by atoms with Gasteiger partial charge in [0.25, 0.3) is 0 Å². The largest absolute Gasteiger partial charge is 0.346 e. The Morgan fingerprint density at radius 3 is 2.95 bits per heavy atom. The molecular formula is C14H25Cl2N5O. The molecule has 1 amide bonds. The number of carbonyl (C=O) groups excluding carboxylic acids is 1. The molecule has 3 rings (SSSR count). The van der Waals surface area contributed by atoms with Gasteiger partial charge in [-0.25, -0.2) is 0 Å². The smallest absolute Gasteiger partial charge is 0.220 e. The Bertz CT molecular complexity index is 488. The lowest BCUT2D eigenvalue weighted by atomic mass is 10.1. The summed E-state index contributed by atoms with van der Waals surface area (Å²) in [5.41, 5.74) is 0. The van der Waals surface area contributed by atoms with Crippen molar-refractivity contribution in [1.82, 2.24) is 25.4 Å². The second kappa shape index (κ2) is 8.70. The van der Waals surface area contributed by atoms with Crippen LogP contribution in [0.4, 0.5) is 0 Å². The van der Waals surface area contributed by atoms with Crippen LogP contribution in [0.25, 0.3) is 0 Å². The van der Waals surface area contributed by atoms with Crippen LogP contribution in [0, 0.1) is 0 Å². The van der Waals surface area contributed by atoms with E-state index in [1.165, 1.54) is 12.8 Å². The van der Waals surface area contributed by atoms with Crippen LogP contribution in [0.2, 0.25) is 0 Å². The summed E-state index contributed by atoms with van der Waals surface area (Å²) in [4.78, 5) is 12.0. The molecule has 0 aliphatic carbocycles. The van der Waals surface area contributed by atoms with Gasteiger partial charge in [-0.05, 0) is 39.2 Å². The highest BCUT2D eigenvalue weighted by Gasteiger charge is 2.22. The number of fused-ring (bicyclic) bond motifs is 1. The molecule has 2 atom stereocenters. The van der Waals surface area contributed by atoms with E-state index >= 15 is 0 Å². The molecular weight excluding hydrogens is 325 g/mol. The van der Waals surface area contributed by atoms with Crippen molar-refractivity contribution in [1.29, 1.82) is 0 Å². The van der Waals surface area contributed by atoms with Crippen LogP contribution in [0.15, 0.2) is 0 Å². The van der Waals surface area contributed by atoms with Gasteiger partial charge in [-0.15, -0.1) is 35.0 Å². The average molecular weight is 350 g/mol. The molecule has 6 nitrogen and oxygen atoms in total. The van der Waals surface area contributed by atoms with Crippen molar-refractivity contribution < 1.29 is 4.79 Å². The van der Waals surface area contributed by atoms with E-state index in [-0.39, 0.29) is 36.8 Å². The number of carbonyl (C=O) groups is 1. The Morgan fingerprint density at radius 1 is 1.41 bits per heavy atom. The third kappa shape index (κ3) is 4.33. The minimum atomic E-state index is -0.0570. The van der Waals surface area contributed by atoms with Crippen molar-refractivity contribution in [2.45, 2.75) is 64.1 Å². The van der Waals surface area contributed by atoms with Crippen molar-refractivity contribution in [2.75, 3.05) is 6.54 Å². The van der Waals surface area contributed by atoms with Gasteiger partial charge in [0.05, 0.1) is 6.04 Å². The van der Waals surface area contributed by atoms with Crippen LogP contribution in [-0.2, 0) is 17.8 Å². The summed E-state index contributed by atoms with van der Waals surface area (Å²) in [5, 5.41) is 14.9. The molecule has 1 fully saturated rings. The molecule has 2 N–H and O–H groups in total. The Hall–Kier alpha value is -0.850. The summed E-state index contributed by atoms with van der Waals surface area (Å²) in [5.74, 6) is 2.06. The first-order valence-corrected chi connectivity index (χ1v) is 7.69. The van der Waals surface area contributed by atoms with Gasteiger partial charge in [0, 0.05) is 25.4 Å². The third-order valence-electron chi connectivity index (χ3n) is 4.29. The molecule has 1 aromatic rings. The summed E-state index contributed by atoms with van der Waals surface area (Å²) in [6, 6.07) is 0.465. The molecule has 22 heavy (non-hydrogen) atoms. The van der Waals surface area contributed by atoms with Gasteiger partial charge >= 0.3 is 0 Å². The number of rotatable bonds is 5. The quantitative estimate of drug-likeness (QED) is 0.849. The van der Waals surface area contributed by atoms with Crippen molar-refractivity contribution >= 4 is 30.7 Å². The summed E-state index contributed by atoms with van der Waals surface area (Å²) in [6.07, 6.45) is 6.07. The maximum Gasteiger partial charge on any atom is 0.220 e.